The summed E-state index contributed by atoms with van der Waals surface area (Å²) in [4.78, 5) is 27.4. The molecule has 0 unspecified atom stereocenters. The zero-order valence-electron chi connectivity index (χ0n) is 13.1. The van der Waals surface area contributed by atoms with E-state index in [1.165, 1.54) is 29.2 Å². The molecule has 0 radical (unpaired) electrons. The van der Waals surface area contributed by atoms with Gasteiger partial charge in [0.2, 0.25) is 0 Å². The van der Waals surface area contributed by atoms with Gasteiger partial charge in [-0.3, -0.25) is 14.6 Å². The van der Waals surface area contributed by atoms with Crippen molar-refractivity contribution in [1.82, 2.24) is 4.90 Å². The van der Waals surface area contributed by atoms with Gasteiger partial charge in [-0.2, -0.15) is 0 Å². The number of benzene rings is 2. The SMILES string of the molecule is C[C@H]1C(=O)N(C[C@H](O)c2ccccc2)C(=O)N1c1ccc(F)cc1. The van der Waals surface area contributed by atoms with Crippen LogP contribution in [0.5, 0.6) is 0 Å². The van der Waals surface area contributed by atoms with Crippen molar-refractivity contribution >= 4 is 17.6 Å². The number of imide groups is 1. The summed E-state index contributed by atoms with van der Waals surface area (Å²) in [5.41, 5.74) is 1.07. The van der Waals surface area contributed by atoms with Gasteiger partial charge in [0, 0.05) is 5.69 Å². The van der Waals surface area contributed by atoms with E-state index in [4.69, 9.17) is 0 Å². The third kappa shape index (κ3) is 2.88. The van der Waals surface area contributed by atoms with Crippen molar-refractivity contribution in [3.63, 3.8) is 0 Å². The Kier molecular flexibility index (Phi) is 4.31. The van der Waals surface area contributed by atoms with E-state index in [1.54, 1.807) is 31.2 Å². The van der Waals surface area contributed by atoms with Crippen LogP contribution in [0, 0.1) is 5.82 Å². The largest absolute Gasteiger partial charge is 0.387 e. The van der Waals surface area contributed by atoms with Crippen LogP contribution in [0.15, 0.2) is 54.6 Å². The lowest BCUT2D eigenvalue weighted by atomic mass is 10.1. The van der Waals surface area contributed by atoms with Crippen LogP contribution < -0.4 is 4.90 Å². The Morgan fingerprint density at radius 1 is 1.08 bits per heavy atom. The van der Waals surface area contributed by atoms with Gasteiger partial charge in [-0.15, -0.1) is 0 Å². The topological polar surface area (TPSA) is 60.9 Å². The number of urea groups is 1. The van der Waals surface area contributed by atoms with Crippen LogP contribution >= 0.6 is 0 Å². The number of nitrogens with zero attached hydrogens (tertiary/aromatic N) is 2. The molecular formula is C18H17FN2O3. The Hall–Kier alpha value is -2.73. The maximum absolute atomic E-state index is 13.1. The molecule has 6 heteroatoms. The second-order valence-corrected chi connectivity index (χ2v) is 5.68. The van der Waals surface area contributed by atoms with E-state index < -0.39 is 24.0 Å². The van der Waals surface area contributed by atoms with Gasteiger partial charge in [0.1, 0.15) is 11.9 Å². The van der Waals surface area contributed by atoms with Crippen molar-refractivity contribution in [2.75, 3.05) is 11.4 Å². The summed E-state index contributed by atoms with van der Waals surface area (Å²) in [5, 5.41) is 10.3. The van der Waals surface area contributed by atoms with E-state index in [9.17, 15) is 19.1 Å². The number of hydrogen-bond acceptors (Lipinski definition) is 3. The Morgan fingerprint density at radius 3 is 2.33 bits per heavy atom. The fraction of sp³-hybridized carbons (Fsp3) is 0.222. The molecular weight excluding hydrogens is 311 g/mol. The molecule has 0 spiro atoms. The predicted octanol–water partition coefficient (Wildman–Crippen LogP) is 2.72. The maximum Gasteiger partial charge on any atom is 0.332 e. The maximum atomic E-state index is 13.1. The molecule has 0 saturated carbocycles. The number of hydrogen-bond donors (Lipinski definition) is 1. The first kappa shape index (κ1) is 16.1. The van der Waals surface area contributed by atoms with Crippen LogP contribution in [0.3, 0.4) is 0 Å². The first-order valence-corrected chi connectivity index (χ1v) is 7.62. The van der Waals surface area contributed by atoms with Crippen LogP contribution in [0.2, 0.25) is 0 Å². The number of carbonyl (C=O) groups is 2. The Labute approximate surface area is 138 Å². The molecule has 5 nitrogen and oxygen atoms in total. The summed E-state index contributed by atoms with van der Waals surface area (Å²) >= 11 is 0. The quantitative estimate of drug-likeness (QED) is 0.878. The van der Waals surface area contributed by atoms with E-state index in [1.807, 2.05) is 6.07 Å². The Morgan fingerprint density at radius 2 is 1.71 bits per heavy atom. The smallest absolute Gasteiger partial charge is 0.332 e. The minimum absolute atomic E-state index is 0.121. The molecule has 0 aromatic heterocycles. The highest BCUT2D eigenvalue weighted by Gasteiger charge is 2.43. The molecule has 2 aromatic carbocycles. The normalized spacial score (nSPS) is 19.0. The lowest BCUT2D eigenvalue weighted by Gasteiger charge is -2.20. The first-order chi connectivity index (χ1) is 11.5. The lowest BCUT2D eigenvalue weighted by Crippen LogP contribution is -2.36. The van der Waals surface area contributed by atoms with E-state index in [0.29, 0.717) is 11.3 Å². The highest BCUT2D eigenvalue weighted by Crippen LogP contribution is 2.27. The first-order valence-electron chi connectivity index (χ1n) is 7.62. The monoisotopic (exact) mass is 328 g/mol. The number of aliphatic hydroxyl groups excluding tert-OH is 1. The molecule has 1 fully saturated rings. The summed E-state index contributed by atoms with van der Waals surface area (Å²) in [6, 6.07) is 13.0. The molecule has 1 saturated heterocycles. The van der Waals surface area contributed by atoms with Crippen molar-refractivity contribution < 1.29 is 19.1 Å². The fourth-order valence-corrected chi connectivity index (χ4v) is 2.78. The minimum atomic E-state index is -0.959. The summed E-state index contributed by atoms with van der Waals surface area (Å²) in [6.45, 7) is 1.49. The zero-order valence-corrected chi connectivity index (χ0v) is 13.1. The highest BCUT2D eigenvalue weighted by atomic mass is 19.1. The third-order valence-corrected chi connectivity index (χ3v) is 4.09. The van der Waals surface area contributed by atoms with E-state index in [2.05, 4.69) is 0 Å². The standard InChI is InChI=1S/C18H17FN2O3/c1-12-17(23)20(11-16(22)13-5-3-2-4-6-13)18(24)21(12)15-9-7-14(19)8-10-15/h2-10,12,16,22H,11H2,1H3/t12-,16-/m0/s1. The molecule has 3 rings (SSSR count). The molecule has 1 heterocycles. The molecule has 0 bridgehead atoms. The van der Waals surface area contributed by atoms with E-state index >= 15 is 0 Å². The Balaban J connectivity index is 1.81. The van der Waals surface area contributed by atoms with Crippen LogP contribution in [0.1, 0.15) is 18.6 Å². The molecule has 1 N–H and O–H groups in total. The molecule has 3 amide bonds. The van der Waals surface area contributed by atoms with Gasteiger partial charge < -0.3 is 5.11 Å². The molecule has 124 valence electrons. The molecule has 2 aromatic rings. The van der Waals surface area contributed by atoms with Gasteiger partial charge >= 0.3 is 6.03 Å². The predicted molar refractivity (Wildman–Crippen MR) is 86.9 cm³/mol. The number of amides is 3. The molecule has 2 atom stereocenters. The number of β-amino-alcohol motifs (C(OH)–C–C–N with tert-alkyl or cyclic N) is 1. The summed E-state index contributed by atoms with van der Waals surface area (Å²) in [7, 11) is 0. The van der Waals surface area contributed by atoms with Gasteiger partial charge in [-0.05, 0) is 36.8 Å². The number of rotatable bonds is 4. The van der Waals surface area contributed by atoms with Gasteiger partial charge in [-0.1, -0.05) is 30.3 Å². The number of halogens is 1. The molecule has 1 aliphatic rings. The summed E-state index contributed by atoms with van der Waals surface area (Å²) in [6.07, 6.45) is -0.959. The van der Waals surface area contributed by atoms with E-state index in [0.717, 1.165) is 4.90 Å². The summed E-state index contributed by atoms with van der Waals surface area (Å²) in [5.74, 6) is -0.806. The Bertz CT molecular complexity index is 749. The van der Waals surface area contributed by atoms with Crippen molar-refractivity contribution in [3.05, 3.63) is 66.0 Å². The highest BCUT2D eigenvalue weighted by molar-refractivity contribution is 6.14. The van der Waals surface area contributed by atoms with Crippen LogP contribution in [-0.2, 0) is 4.79 Å². The van der Waals surface area contributed by atoms with Crippen molar-refractivity contribution in [1.29, 1.82) is 0 Å². The van der Waals surface area contributed by atoms with Crippen LogP contribution in [-0.4, -0.2) is 34.5 Å². The third-order valence-electron chi connectivity index (χ3n) is 4.09. The lowest BCUT2D eigenvalue weighted by molar-refractivity contribution is -0.127. The number of anilines is 1. The zero-order chi connectivity index (χ0) is 17.3. The van der Waals surface area contributed by atoms with E-state index in [-0.39, 0.29) is 12.5 Å². The van der Waals surface area contributed by atoms with Crippen molar-refractivity contribution in [2.45, 2.75) is 19.1 Å². The summed E-state index contributed by atoms with van der Waals surface area (Å²) < 4.78 is 13.1. The van der Waals surface area contributed by atoms with Gasteiger partial charge in [0.25, 0.3) is 5.91 Å². The van der Waals surface area contributed by atoms with Crippen LogP contribution in [0.25, 0.3) is 0 Å². The fourth-order valence-electron chi connectivity index (χ4n) is 2.78. The van der Waals surface area contributed by atoms with Gasteiger partial charge in [0.15, 0.2) is 0 Å². The molecule has 0 aliphatic carbocycles. The average Bonchev–Trinajstić information content (AvgIpc) is 2.80. The van der Waals surface area contributed by atoms with Crippen molar-refractivity contribution in [2.24, 2.45) is 0 Å². The second-order valence-electron chi connectivity index (χ2n) is 5.68. The molecule has 24 heavy (non-hydrogen) atoms. The number of aliphatic hydroxyl groups is 1. The second kappa shape index (κ2) is 6.41. The van der Waals surface area contributed by atoms with Gasteiger partial charge in [0.05, 0.1) is 12.6 Å². The van der Waals surface area contributed by atoms with Gasteiger partial charge in [-0.25, -0.2) is 9.18 Å². The minimum Gasteiger partial charge on any atom is -0.387 e. The van der Waals surface area contributed by atoms with Crippen LogP contribution in [0.4, 0.5) is 14.9 Å². The molecule has 1 aliphatic heterocycles. The van der Waals surface area contributed by atoms with Crippen molar-refractivity contribution in [3.8, 4) is 0 Å². The number of carbonyl (C=O) groups excluding carboxylic acids is 2. The average molecular weight is 328 g/mol.